The van der Waals surface area contributed by atoms with Gasteiger partial charge in [0.05, 0.1) is 0 Å². The summed E-state index contributed by atoms with van der Waals surface area (Å²) in [7, 11) is 0. The van der Waals surface area contributed by atoms with Crippen LogP contribution in [0, 0.1) is 0 Å². The normalized spacial score (nSPS) is 11.1. The van der Waals surface area contributed by atoms with Crippen molar-refractivity contribution in [1.29, 1.82) is 0 Å². The van der Waals surface area contributed by atoms with E-state index in [-0.39, 0.29) is 0 Å². The van der Waals surface area contributed by atoms with Crippen LogP contribution >= 0.6 is 0 Å². The lowest BCUT2D eigenvalue weighted by atomic mass is 10.2. The van der Waals surface area contributed by atoms with Gasteiger partial charge in [-0.05, 0) is 0 Å². The first-order valence-electron chi connectivity index (χ1n) is 5.24. The second kappa shape index (κ2) is 3.44. The number of H-pyrrole nitrogens is 1. The molecule has 0 aliphatic rings. The van der Waals surface area contributed by atoms with Gasteiger partial charge in [-0.25, -0.2) is 4.52 Å². The molecule has 80 valence electrons. The van der Waals surface area contributed by atoms with Crippen LogP contribution in [-0.4, -0.2) is 24.8 Å². The maximum Gasteiger partial charge on any atom is 0.272 e. The minimum Gasteiger partial charge on any atom is -0.272 e. The van der Waals surface area contributed by atoms with Crippen molar-refractivity contribution < 1.29 is 0 Å². The Morgan fingerprint density at radius 1 is 1.19 bits per heavy atom. The molecule has 3 aromatic rings. The van der Waals surface area contributed by atoms with Crippen LogP contribution in [0.2, 0.25) is 0 Å². The van der Waals surface area contributed by atoms with E-state index in [1.165, 1.54) is 0 Å². The maximum atomic E-state index is 4.39. The van der Waals surface area contributed by atoms with Crippen molar-refractivity contribution in [3.05, 3.63) is 36.2 Å². The van der Waals surface area contributed by atoms with Gasteiger partial charge in [-0.3, -0.25) is 5.10 Å². The Kier molecular flexibility index (Phi) is 1.96. The Labute approximate surface area is 92.1 Å². The third kappa shape index (κ3) is 1.29. The zero-order valence-electron chi connectivity index (χ0n) is 8.88. The summed E-state index contributed by atoms with van der Waals surface area (Å²) >= 11 is 0. The molecular weight excluding hydrogens is 202 g/mol. The van der Waals surface area contributed by atoms with E-state index in [0.717, 1.165) is 23.6 Å². The van der Waals surface area contributed by atoms with Crippen LogP contribution in [0.3, 0.4) is 0 Å². The highest BCUT2D eigenvalue weighted by Gasteiger charge is 2.09. The fourth-order valence-electron chi connectivity index (χ4n) is 1.68. The Morgan fingerprint density at radius 2 is 2.00 bits per heavy atom. The van der Waals surface area contributed by atoms with Gasteiger partial charge in [0.15, 0.2) is 11.6 Å². The second-order valence-corrected chi connectivity index (χ2v) is 3.54. The van der Waals surface area contributed by atoms with Gasteiger partial charge in [0.2, 0.25) is 0 Å². The van der Waals surface area contributed by atoms with Crippen LogP contribution in [0.15, 0.2) is 30.3 Å². The van der Waals surface area contributed by atoms with Gasteiger partial charge in [0.1, 0.15) is 0 Å². The van der Waals surface area contributed by atoms with Crippen molar-refractivity contribution in [2.75, 3.05) is 0 Å². The number of benzene rings is 1. The molecule has 5 nitrogen and oxygen atoms in total. The molecule has 0 saturated heterocycles. The van der Waals surface area contributed by atoms with Crippen molar-refractivity contribution in [3.63, 3.8) is 0 Å². The standard InChI is InChI=1S/C11H11N5/c1-2-9-13-14-11-12-10(15-16(9)11)8-6-4-3-5-7-8/h3-7H,2H2,1H3,(H,12,14,15). The third-order valence-corrected chi connectivity index (χ3v) is 2.51. The van der Waals surface area contributed by atoms with Crippen molar-refractivity contribution in [2.45, 2.75) is 13.3 Å². The number of nitrogens with one attached hydrogen (secondary N) is 1. The molecule has 1 aromatic carbocycles. The van der Waals surface area contributed by atoms with Crippen molar-refractivity contribution in [3.8, 4) is 11.4 Å². The number of nitrogens with zero attached hydrogens (tertiary/aromatic N) is 4. The number of aromatic amines is 1. The number of fused-ring (bicyclic) bond motifs is 1. The van der Waals surface area contributed by atoms with Gasteiger partial charge in [0.25, 0.3) is 5.78 Å². The molecule has 0 fully saturated rings. The highest BCUT2D eigenvalue weighted by atomic mass is 15.4. The highest BCUT2D eigenvalue weighted by molar-refractivity contribution is 5.56. The third-order valence-electron chi connectivity index (χ3n) is 2.51. The molecule has 0 spiro atoms. The van der Waals surface area contributed by atoms with Crippen LogP contribution in [0.1, 0.15) is 12.7 Å². The van der Waals surface area contributed by atoms with Crippen LogP contribution in [0.4, 0.5) is 0 Å². The fraction of sp³-hybridized carbons (Fsp3) is 0.182. The number of aryl methyl sites for hydroxylation is 1. The van der Waals surface area contributed by atoms with Crippen LogP contribution in [0.5, 0.6) is 0 Å². The minimum atomic E-state index is 0.621. The molecule has 0 aliphatic carbocycles. The molecule has 1 N–H and O–H groups in total. The van der Waals surface area contributed by atoms with E-state index >= 15 is 0 Å². The molecule has 0 aliphatic heterocycles. The quantitative estimate of drug-likeness (QED) is 0.704. The molecule has 0 amide bonds. The number of hydrogen-bond donors (Lipinski definition) is 1. The number of hydrogen-bond acceptors (Lipinski definition) is 3. The van der Waals surface area contributed by atoms with Gasteiger partial charge < -0.3 is 0 Å². The summed E-state index contributed by atoms with van der Waals surface area (Å²) in [6, 6.07) is 9.98. The molecule has 0 bridgehead atoms. The lowest BCUT2D eigenvalue weighted by molar-refractivity contribution is 0.837. The molecule has 16 heavy (non-hydrogen) atoms. The van der Waals surface area contributed by atoms with Gasteiger partial charge in [-0.1, -0.05) is 37.3 Å². The molecule has 2 aromatic heterocycles. The first-order chi connectivity index (χ1) is 7.88. The fourth-order valence-corrected chi connectivity index (χ4v) is 1.68. The molecule has 0 radical (unpaired) electrons. The maximum absolute atomic E-state index is 4.39. The van der Waals surface area contributed by atoms with E-state index in [2.05, 4.69) is 20.3 Å². The monoisotopic (exact) mass is 213 g/mol. The van der Waals surface area contributed by atoms with Gasteiger partial charge in [-0.2, -0.15) is 4.98 Å². The largest absolute Gasteiger partial charge is 0.272 e. The van der Waals surface area contributed by atoms with E-state index in [9.17, 15) is 0 Å². The number of rotatable bonds is 2. The Balaban J connectivity index is 2.16. The van der Waals surface area contributed by atoms with Crippen LogP contribution in [0.25, 0.3) is 17.2 Å². The number of aromatic nitrogens is 5. The second-order valence-electron chi connectivity index (χ2n) is 3.54. The smallest absolute Gasteiger partial charge is 0.272 e. The Morgan fingerprint density at radius 3 is 2.75 bits per heavy atom. The first-order valence-corrected chi connectivity index (χ1v) is 5.24. The topological polar surface area (TPSA) is 58.9 Å². The van der Waals surface area contributed by atoms with Crippen molar-refractivity contribution in [1.82, 2.24) is 24.8 Å². The van der Waals surface area contributed by atoms with E-state index in [1.807, 2.05) is 41.8 Å². The summed E-state index contributed by atoms with van der Waals surface area (Å²) in [5.41, 5.74) is 1.05. The summed E-state index contributed by atoms with van der Waals surface area (Å²) in [6.07, 6.45) is 0.831. The van der Waals surface area contributed by atoms with Crippen LogP contribution < -0.4 is 0 Å². The average molecular weight is 213 g/mol. The van der Waals surface area contributed by atoms with Gasteiger partial charge in [0, 0.05) is 12.0 Å². The van der Waals surface area contributed by atoms with E-state index in [0.29, 0.717) is 5.78 Å². The highest BCUT2D eigenvalue weighted by Crippen LogP contribution is 2.15. The summed E-state index contributed by atoms with van der Waals surface area (Å²) in [5, 5.41) is 11.2. The summed E-state index contributed by atoms with van der Waals surface area (Å²) in [6.45, 7) is 2.04. The lowest BCUT2D eigenvalue weighted by Crippen LogP contribution is -1.93. The Hall–Kier alpha value is -2.17. The molecule has 0 unspecified atom stereocenters. The lowest BCUT2D eigenvalue weighted by Gasteiger charge is -1.94. The first kappa shape index (κ1) is 9.08. The minimum absolute atomic E-state index is 0.621. The van der Waals surface area contributed by atoms with Crippen molar-refractivity contribution >= 4 is 5.78 Å². The molecule has 0 atom stereocenters. The van der Waals surface area contributed by atoms with E-state index in [1.54, 1.807) is 0 Å². The zero-order chi connectivity index (χ0) is 11.0. The van der Waals surface area contributed by atoms with Gasteiger partial charge in [-0.15, -0.1) is 10.2 Å². The van der Waals surface area contributed by atoms with E-state index in [4.69, 9.17) is 0 Å². The van der Waals surface area contributed by atoms with E-state index < -0.39 is 0 Å². The zero-order valence-corrected chi connectivity index (χ0v) is 8.88. The molecule has 2 heterocycles. The summed E-state index contributed by atoms with van der Waals surface area (Å²) in [4.78, 5) is 4.39. The van der Waals surface area contributed by atoms with Gasteiger partial charge >= 0.3 is 0 Å². The average Bonchev–Trinajstić information content (AvgIpc) is 2.89. The Bertz CT molecular complexity index is 608. The summed E-state index contributed by atoms with van der Waals surface area (Å²) < 4.78 is 1.82. The molecule has 0 saturated carbocycles. The predicted molar refractivity (Wildman–Crippen MR) is 59.9 cm³/mol. The molecule has 5 heteroatoms. The molecular formula is C11H11N5. The van der Waals surface area contributed by atoms with Crippen molar-refractivity contribution in [2.24, 2.45) is 0 Å². The predicted octanol–water partition coefficient (Wildman–Crippen LogP) is 1.68. The summed E-state index contributed by atoms with van der Waals surface area (Å²) in [5.74, 6) is 2.33. The molecule has 3 rings (SSSR count). The van der Waals surface area contributed by atoms with Crippen LogP contribution in [-0.2, 0) is 6.42 Å². The SMILES string of the molecule is CCc1nnc2nc(-c3ccccc3)[nH]n12.